The van der Waals surface area contributed by atoms with Gasteiger partial charge in [-0.05, 0) is 75.6 Å². The zero-order valence-electron chi connectivity index (χ0n) is 19.8. The van der Waals surface area contributed by atoms with E-state index in [4.69, 9.17) is 32.7 Å². The molecule has 0 aliphatic heterocycles. The van der Waals surface area contributed by atoms with E-state index < -0.39 is 35.2 Å². The molecule has 0 aromatic heterocycles. The molecule has 1 atom stereocenters. The first-order valence-electron chi connectivity index (χ1n) is 11.0. The molecule has 0 saturated heterocycles. The monoisotopic (exact) mass is 530 g/mol. The van der Waals surface area contributed by atoms with E-state index in [0.29, 0.717) is 12.0 Å². The average Bonchev–Trinajstić information content (AvgIpc) is 2.76. The molecule has 0 heterocycles. The van der Waals surface area contributed by atoms with Crippen LogP contribution in [0.3, 0.4) is 0 Å². The van der Waals surface area contributed by atoms with E-state index >= 15 is 0 Å². The number of ether oxygens (including phenoxy) is 2. The minimum Gasteiger partial charge on any atom is -0.477 e. The van der Waals surface area contributed by atoms with Gasteiger partial charge in [-0.25, -0.2) is 4.79 Å². The van der Waals surface area contributed by atoms with Gasteiger partial charge in [0.2, 0.25) is 0 Å². The molecule has 0 amide bonds. The summed E-state index contributed by atoms with van der Waals surface area (Å²) in [6.45, 7) is 7.28. The van der Waals surface area contributed by atoms with Crippen LogP contribution in [-0.4, -0.2) is 23.5 Å². The number of rotatable bonds is 9. The maximum atomic E-state index is 12.7. The number of hydrogen-bond donors (Lipinski definition) is 0. The van der Waals surface area contributed by atoms with Gasteiger partial charge in [0.15, 0.2) is 11.9 Å². The maximum Gasteiger partial charge on any atom is 0.416 e. The highest BCUT2D eigenvalue weighted by Gasteiger charge is 2.30. The van der Waals surface area contributed by atoms with Crippen LogP contribution >= 0.6 is 23.2 Å². The summed E-state index contributed by atoms with van der Waals surface area (Å²) in [5, 5.41) is 0.153. The van der Waals surface area contributed by atoms with Gasteiger partial charge in [0.25, 0.3) is 0 Å². The Labute approximate surface area is 213 Å². The summed E-state index contributed by atoms with van der Waals surface area (Å²) in [7, 11) is 0. The van der Waals surface area contributed by atoms with Crippen LogP contribution in [0.25, 0.3) is 6.08 Å². The number of unbranched alkanes of at least 4 members (excludes halogenated alkanes) is 1. The third-order valence-corrected chi connectivity index (χ3v) is 5.63. The summed E-state index contributed by atoms with van der Waals surface area (Å²) < 4.78 is 49.4. The highest BCUT2D eigenvalue weighted by Crippen LogP contribution is 2.36. The van der Waals surface area contributed by atoms with Crippen molar-refractivity contribution in [2.75, 3.05) is 0 Å². The minimum atomic E-state index is -4.48. The molecular weight excluding hydrogens is 504 g/mol. The lowest BCUT2D eigenvalue weighted by molar-refractivity contribution is -0.163. The fourth-order valence-electron chi connectivity index (χ4n) is 2.99. The lowest BCUT2D eigenvalue weighted by Crippen LogP contribution is -2.35. The largest absolute Gasteiger partial charge is 0.477 e. The molecule has 2 aromatic rings. The van der Waals surface area contributed by atoms with Gasteiger partial charge >= 0.3 is 12.1 Å². The fourth-order valence-corrected chi connectivity index (χ4v) is 3.42. The van der Waals surface area contributed by atoms with Gasteiger partial charge in [-0.2, -0.15) is 13.2 Å². The van der Waals surface area contributed by atoms with E-state index in [9.17, 15) is 22.8 Å². The van der Waals surface area contributed by atoms with E-state index in [1.54, 1.807) is 26.8 Å². The number of benzene rings is 2. The highest BCUT2D eigenvalue weighted by molar-refractivity contribution is 6.43. The number of halogens is 5. The van der Waals surface area contributed by atoms with Crippen molar-refractivity contribution in [2.24, 2.45) is 0 Å². The van der Waals surface area contributed by atoms with Crippen molar-refractivity contribution in [3.05, 3.63) is 69.2 Å². The fraction of sp³-hybridized carbons (Fsp3) is 0.385. The van der Waals surface area contributed by atoms with Gasteiger partial charge in [-0.3, -0.25) is 4.79 Å². The zero-order chi connectivity index (χ0) is 26.4. The van der Waals surface area contributed by atoms with Crippen molar-refractivity contribution in [2.45, 2.75) is 64.8 Å². The molecule has 0 fully saturated rings. The first-order valence-corrected chi connectivity index (χ1v) is 11.8. The van der Waals surface area contributed by atoms with Gasteiger partial charge in [0, 0.05) is 5.56 Å². The quantitative estimate of drug-likeness (QED) is 0.186. The lowest BCUT2D eigenvalue weighted by atomic mass is 10.1. The number of allylic oxidation sites excluding steroid dienone is 1. The molecule has 35 heavy (non-hydrogen) atoms. The van der Waals surface area contributed by atoms with E-state index in [0.717, 1.165) is 37.1 Å². The first kappa shape index (κ1) is 28.7. The third-order valence-electron chi connectivity index (χ3n) is 4.75. The average molecular weight is 531 g/mol. The number of esters is 1. The van der Waals surface area contributed by atoms with Crippen LogP contribution in [0.4, 0.5) is 13.2 Å². The van der Waals surface area contributed by atoms with Crippen molar-refractivity contribution < 1.29 is 32.2 Å². The molecule has 0 bridgehead atoms. The SMILES string of the molecule is CCCCC(Oc1ccc(/C=C/C(=O)c2ccc(C(F)(F)F)cc2)c(Cl)c1Cl)C(=O)OC(C)(C)C. The second-order valence-electron chi connectivity index (χ2n) is 8.84. The predicted octanol–water partition coefficient (Wildman–Crippen LogP) is 8.19. The van der Waals surface area contributed by atoms with Gasteiger partial charge in [0.05, 0.1) is 10.6 Å². The normalized spacial score (nSPS) is 13.1. The molecule has 0 spiro atoms. The maximum absolute atomic E-state index is 12.7. The summed E-state index contributed by atoms with van der Waals surface area (Å²) in [6.07, 6.45) is -0.736. The van der Waals surface area contributed by atoms with Crippen LogP contribution < -0.4 is 4.74 Å². The van der Waals surface area contributed by atoms with Crippen LogP contribution in [0.1, 0.15) is 68.4 Å². The Morgan fingerprint density at radius 2 is 1.63 bits per heavy atom. The van der Waals surface area contributed by atoms with Crippen molar-refractivity contribution in [1.82, 2.24) is 0 Å². The van der Waals surface area contributed by atoms with Gasteiger partial charge in [-0.15, -0.1) is 0 Å². The summed E-state index contributed by atoms with van der Waals surface area (Å²) in [4.78, 5) is 24.9. The van der Waals surface area contributed by atoms with Crippen molar-refractivity contribution >= 4 is 41.0 Å². The number of hydrogen-bond acceptors (Lipinski definition) is 4. The summed E-state index contributed by atoms with van der Waals surface area (Å²) in [5.74, 6) is -0.824. The Morgan fingerprint density at radius 3 is 2.17 bits per heavy atom. The molecule has 190 valence electrons. The minimum absolute atomic E-state index is 0.0563. The molecule has 2 aromatic carbocycles. The molecule has 4 nitrogen and oxygen atoms in total. The van der Waals surface area contributed by atoms with E-state index in [-0.39, 0.29) is 21.4 Å². The molecule has 0 saturated carbocycles. The number of carbonyl (C=O) groups is 2. The standard InChI is InChI=1S/C26H27Cl2F3O4/c1-5-6-7-21(24(33)35-25(2,3)4)34-20-15-11-17(22(27)23(20)28)10-14-19(32)16-8-12-18(13-9-16)26(29,30)31/h8-15,21H,5-7H2,1-4H3/b14-10+. The Bertz CT molecular complexity index is 1070. The Hall–Kier alpha value is -2.51. The zero-order valence-corrected chi connectivity index (χ0v) is 21.4. The van der Waals surface area contributed by atoms with Crippen molar-refractivity contribution in [3.8, 4) is 5.75 Å². The van der Waals surface area contributed by atoms with Gasteiger partial charge in [0.1, 0.15) is 16.4 Å². The molecular formula is C26H27Cl2F3O4. The molecule has 0 N–H and O–H groups in total. The van der Waals surface area contributed by atoms with E-state index in [1.807, 2.05) is 6.92 Å². The van der Waals surface area contributed by atoms with Crippen molar-refractivity contribution in [1.29, 1.82) is 0 Å². The molecule has 2 rings (SSSR count). The molecule has 0 aliphatic rings. The topological polar surface area (TPSA) is 52.6 Å². The van der Waals surface area contributed by atoms with Crippen molar-refractivity contribution in [3.63, 3.8) is 0 Å². The predicted molar refractivity (Wildman–Crippen MR) is 131 cm³/mol. The summed E-state index contributed by atoms with van der Waals surface area (Å²) in [5.41, 5.74) is -1.04. The van der Waals surface area contributed by atoms with E-state index in [1.165, 1.54) is 18.2 Å². The van der Waals surface area contributed by atoms with Gasteiger partial charge < -0.3 is 9.47 Å². The highest BCUT2D eigenvalue weighted by atomic mass is 35.5. The Morgan fingerprint density at radius 1 is 1.00 bits per heavy atom. The Balaban J connectivity index is 2.19. The van der Waals surface area contributed by atoms with Crippen LogP contribution in [0, 0.1) is 0 Å². The number of alkyl halides is 3. The van der Waals surface area contributed by atoms with Crippen LogP contribution in [-0.2, 0) is 15.7 Å². The van der Waals surface area contributed by atoms with Crippen LogP contribution in [0.15, 0.2) is 42.5 Å². The lowest BCUT2D eigenvalue weighted by Gasteiger charge is -2.25. The molecule has 0 radical (unpaired) electrons. The van der Waals surface area contributed by atoms with Gasteiger partial charge in [-0.1, -0.05) is 48.7 Å². The van der Waals surface area contributed by atoms with Crippen LogP contribution in [0.2, 0.25) is 10.0 Å². The molecule has 0 aliphatic carbocycles. The molecule has 1 unspecified atom stereocenters. The Kier molecular flexibility index (Phi) is 9.81. The molecule has 9 heteroatoms. The third kappa shape index (κ3) is 8.58. The van der Waals surface area contributed by atoms with E-state index in [2.05, 4.69) is 0 Å². The summed E-state index contributed by atoms with van der Waals surface area (Å²) in [6, 6.07) is 6.99. The van der Waals surface area contributed by atoms with Crippen LogP contribution in [0.5, 0.6) is 5.75 Å². The second-order valence-corrected chi connectivity index (χ2v) is 9.59. The second kappa shape index (κ2) is 12.0. The smallest absolute Gasteiger partial charge is 0.416 e. The summed E-state index contributed by atoms with van der Waals surface area (Å²) >= 11 is 12.7. The number of ketones is 1. The number of carbonyl (C=O) groups excluding carboxylic acids is 2. The first-order chi connectivity index (χ1) is 16.2.